The van der Waals surface area contributed by atoms with Crippen LogP contribution < -0.4 is 51.4 Å². The fourth-order valence-corrected chi connectivity index (χ4v) is 25.6. The van der Waals surface area contributed by atoms with Gasteiger partial charge in [-0.25, -0.2) is 4.85 Å². The van der Waals surface area contributed by atoms with Gasteiger partial charge in [0.1, 0.15) is 44.7 Å². The average Bonchev–Trinajstić information content (AvgIpc) is 1.01. The number of nitriles is 1. The third-order valence-corrected chi connectivity index (χ3v) is 30.7. The summed E-state index contributed by atoms with van der Waals surface area (Å²) in [5.41, 5.74) is 19.8. The molecule has 0 fully saturated rings. The van der Waals surface area contributed by atoms with Crippen LogP contribution in [0, 0.1) is 17.9 Å². The van der Waals surface area contributed by atoms with Gasteiger partial charge >= 0.3 is 0 Å². The van der Waals surface area contributed by atoms with Crippen LogP contribution in [0.25, 0.3) is 125 Å². The zero-order chi connectivity index (χ0) is 77.1. The second kappa shape index (κ2) is 24.4. The van der Waals surface area contributed by atoms with Crippen molar-refractivity contribution in [3.8, 4) is 6.07 Å². The highest BCUT2D eigenvalue weighted by Crippen LogP contribution is 2.65. The maximum absolute atomic E-state index is 17.3. The maximum Gasteiger partial charge on any atom is 0.187 e. The molecule has 14 heteroatoms. The summed E-state index contributed by atoms with van der Waals surface area (Å²) in [6, 6.07) is 110. The van der Waals surface area contributed by atoms with Gasteiger partial charge in [-0.15, -0.1) is 0 Å². The second-order valence-corrected chi connectivity index (χ2v) is 35.7. The lowest BCUT2D eigenvalue weighted by Gasteiger charge is -2.44. The van der Waals surface area contributed by atoms with Crippen molar-refractivity contribution in [2.24, 2.45) is 0 Å². The first-order chi connectivity index (χ1) is 57.0. The zero-order valence-corrected chi connectivity index (χ0v) is 64.3. The van der Waals surface area contributed by atoms with Gasteiger partial charge in [-0.05, 0) is 208 Å². The van der Waals surface area contributed by atoms with Crippen molar-refractivity contribution >= 4 is 240 Å². The number of hydrogen-bond donors (Lipinski definition) is 0. The molecule has 0 saturated heterocycles. The first-order valence-corrected chi connectivity index (χ1v) is 42.4. The fourth-order valence-electron chi connectivity index (χ4n) is 19.0. The molecule has 0 amide bonds. The molecule has 4 aliphatic rings. The molecule has 116 heavy (non-hydrogen) atoms. The Balaban J connectivity index is 0.000000134. The van der Waals surface area contributed by atoms with Crippen LogP contribution in [0.15, 0.2) is 333 Å². The smallest absolute Gasteiger partial charge is 0.187 e. The highest BCUT2D eigenvalue weighted by Gasteiger charge is 2.52. The molecule has 0 N–H and O–H groups in total. The highest BCUT2D eigenvalue weighted by molar-refractivity contribution is 7.87. The largest absolute Gasteiger partial charge is 0.456 e. The lowest BCUT2D eigenvalue weighted by molar-refractivity contribution is 0.591. The van der Waals surface area contributed by atoms with Crippen molar-refractivity contribution in [1.29, 1.82) is 5.26 Å². The minimum absolute atomic E-state index is 0.532. The molecule has 12 nitrogen and oxygen atoms in total. The number of hydrogen-bond acceptors (Lipinski definition) is 11. The van der Waals surface area contributed by atoms with E-state index < -0.39 is 14.3 Å². The van der Waals surface area contributed by atoms with E-state index in [1.54, 1.807) is 0 Å². The van der Waals surface area contributed by atoms with E-state index in [1.807, 2.05) is 133 Å². The van der Waals surface area contributed by atoms with Gasteiger partial charge in [-0.2, -0.15) is 5.26 Å². The number of rotatable bonds is 6. The number of para-hydroxylation sites is 1. The van der Waals surface area contributed by atoms with Gasteiger partial charge in [0.25, 0.3) is 0 Å². The zero-order valence-electron chi connectivity index (χ0n) is 62.5. The Hall–Kier alpha value is -14.6. The van der Waals surface area contributed by atoms with Gasteiger partial charge in [0.2, 0.25) is 0 Å². The van der Waals surface area contributed by atoms with Crippen molar-refractivity contribution in [3.63, 3.8) is 0 Å². The SMILES string of the molecule is CCc1ccc(N2c3cc4c(cc3P3(=O)c5cc6c(cc5N(c5ccc(CC)cc5)c5cccc2c53)oc2cc3ccccc3cc26)oc2ccccc24)cc1.[C-]#[N+]c1ccc(N2c3cc4c(cc3P3(=O)c5cc6c(cc5N(c5ccc(C#N)cc5)c5cccc2c53)oc2ccc3ccccc3c26)oc2ccc3ccccc3c24)cc1. The Morgan fingerprint density at radius 3 is 1.18 bits per heavy atom. The standard InChI is InChI=1S/C52H27N4O3P.C50H35N2O3P/c1-54-33-17-21-35(22-18-33)55-40-11-6-12-41-52(40)60(57,49-28-47-38(25-42(49)55)50-36-9-4-2-7-31(36)15-23-44(50)59-47)48-26-39-46(27-43(48)56(41)34-19-13-30(29-53)14-20-34)58-45-24-16-32-8-3-5-10-37(32)51(39)45;1-3-30-16-20-34(21-17-30)51-40-13-9-14-41-50(40)56(53,49-29-47-38(26-42(49)51)36-12-7-8-15-44(36)54-47)48-27-39-37-24-32-10-5-6-11-33(32)25-45(37)55-46(39)28-43(48)52(41)35-22-18-31(4-2)19-23-35/h2-28H;5-29H,3-4H2,1-2H3. The van der Waals surface area contributed by atoms with Gasteiger partial charge < -0.3 is 46.4 Å². The molecule has 2 atom stereocenters. The molecule has 546 valence electrons. The number of fused-ring (bicyclic) bond motifs is 25. The van der Waals surface area contributed by atoms with Crippen LogP contribution in [0.1, 0.15) is 30.5 Å². The molecule has 4 aliphatic heterocycles. The number of benzene rings is 17. The summed E-state index contributed by atoms with van der Waals surface area (Å²) in [5.74, 6) is 0. The molecule has 0 bridgehead atoms. The molecular formula is C102H62N6O6P2. The first-order valence-electron chi connectivity index (χ1n) is 39.0. The summed E-state index contributed by atoms with van der Waals surface area (Å²) < 4.78 is 61.1. The molecule has 21 aromatic rings. The average molecular weight is 1530 g/mol. The summed E-state index contributed by atoms with van der Waals surface area (Å²) in [6.07, 6.45) is 1.89. The predicted octanol–water partition coefficient (Wildman–Crippen LogP) is 26.4. The van der Waals surface area contributed by atoms with Crippen LogP contribution in [-0.2, 0) is 22.0 Å². The summed E-state index contributed by atoms with van der Waals surface area (Å²) >= 11 is 0. The number of furan rings is 4. The molecule has 8 heterocycles. The maximum atomic E-state index is 17.3. The van der Waals surface area contributed by atoms with E-state index in [4.69, 9.17) is 24.2 Å². The van der Waals surface area contributed by atoms with Crippen LogP contribution >= 0.6 is 14.3 Å². The van der Waals surface area contributed by atoms with Gasteiger partial charge in [0.05, 0.1) is 74.3 Å². The highest BCUT2D eigenvalue weighted by atomic mass is 31.2. The Bertz CT molecular complexity index is 8120. The van der Waals surface area contributed by atoms with Gasteiger partial charge in [-0.3, -0.25) is 0 Å². The minimum atomic E-state index is -3.76. The minimum Gasteiger partial charge on any atom is -0.456 e. The molecule has 0 aliphatic carbocycles. The van der Waals surface area contributed by atoms with Crippen LogP contribution in [0.3, 0.4) is 0 Å². The monoisotopic (exact) mass is 1530 g/mol. The Kier molecular flexibility index (Phi) is 13.9. The summed E-state index contributed by atoms with van der Waals surface area (Å²) in [6.45, 7) is 12.0. The summed E-state index contributed by atoms with van der Waals surface area (Å²) in [7, 11) is -7.36. The molecule has 0 radical (unpaired) electrons. The van der Waals surface area contributed by atoms with Crippen LogP contribution in [0.4, 0.5) is 73.9 Å². The van der Waals surface area contributed by atoms with Gasteiger partial charge in [0.15, 0.2) is 20.0 Å². The van der Waals surface area contributed by atoms with Crippen molar-refractivity contribution in [2.45, 2.75) is 26.7 Å². The number of aryl methyl sites for hydroxylation is 2. The third-order valence-electron chi connectivity index (χ3n) is 24.4. The van der Waals surface area contributed by atoms with Crippen molar-refractivity contribution in [2.75, 3.05) is 19.6 Å². The lowest BCUT2D eigenvalue weighted by atomic mass is 10.0. The predicted molar refractivity (Wildman–Crippen MR) is 476 cm³/mol. The van der Waals surface area contributed by atoms with Gasteiger partial charge in [0, 0.05) is 99.2 Å². The molecule has 4 aromatic heterocycles. The Morgan fingerprint density at radius 2 is 0.672 bits per heavy atom. The number of anilines is 12. The topological polar surface area (TPSA) is 128 Å². The van der Waals surface area contributed by atoms with Gasteiger partial charge in [-0.1, -0.05) is 166 Å². The van der Waals surface area contributed by atoms with Crippen LogP contribution in [0.5, 0.6) is 0 Å². The molecule has 25 rings (SSSR count). The van der Waals surface area contributed by atoms with E-state index in [1.165, 1.54) is 11.1 Å². The molecule has 0 saturated carbocycles. The van der Waals surface area contributed by atoms with Crippen LogP contribution in [0.2, 0.25) is 0 Å². The third kappa shape index (κ3) is 9.19. The van der Waals surface area contributed by atoms with E-state index >= 15 is 9.13 Å². The molecule has 0 spiro atoms. The normalized spacial score (nSPS) is 15.6. The van der Waals surface area contributed by atoms with E-state index in [-0.39, 0.29) is 0 Å². The summed E-state index contributed by atoms with van der Waals surface area (Å²) in [4.78, 5) is 12.6. The molecular weight excluding hydrogens is 1470 g/mol. The fraction of sp³-hybridized carbons (Fsp3) is 0.0392. The second-order valence-electron chi connectivity index (χ2n) is 30.4. The first kappa shape index (κ1) is 66.0. The quantitative estimate of drug-likeness (QED) is 0.117. The molecule has 2 unspecified atom stereocenters. The van der Waals surface area contributed by atoms with E-state index in [2.05, 4.69) is 226 Å². The number of nitrogens with zero attached hydrogens (tertiary/aromatic N) is 6. The Labute approximate surface area is 663 Å². The van der Waals surface area contributed by atoms with Crippen LogP contribution in [-0.4, -0.2) is 0 Å². The van der Waals surface area contributed by atoms with E-state index in [0.717, 1.165) is 206 Å². The Morgan fingerprint density at radius 1 is 0.310 bits per heavy atom. The molecule has 17 aromatic carbocycles. The van der Waals surface area contributed by atoms with Crippen molar-refractivity contribution < 1.29 is 26.8 Å². The van der Waals surface area contributed by atoms with E-state index in [0.29, 0.717) is 38.3 Å². The summed E-state index contributed by atoms with van der Waals surface area (Å²) in [5, 5.41) is 28.5. The van der Waals surface area contributed by atoms with Crippen molar-refractivity contribution in [1.82, 2.24) is 0 Å². The lowest BCUT2D eigenvalue weighted by Crippen LogP contribution is -2.43. The van der Waals surface area contributed by atoms with Crippen molar-refractivity contribution in [3.05, 3.63) is 344 Å². The van der Waals surface area contributed by atoms with E-state index in [9.17, 15) is 5.26 Å².